The van der Waals surface area contributed by atoms with Crippen LogP contribution in [0.3, 0.4) is 0 Å². The Balaban J connectivity index is 2.12. The fraction of sp³-hybridized carbons (Fsp3) is 0.556. The van der Waals surface area contributed by atoms with Crippen LogP contribution in [0, 0.1) is 5.41 Å². The van der Waals surface area contributed by atoms with Crippen LogP contribution < -0.4 is 0 Å². The molecule has 1 fully saturated rings. The first-order chi connectivity index (χ1) is 5.60. The van der Waals surface area contributed by atoms with Crippen molar-refractivity contribution in [2.45, 2.75) is 17.2 Å². The Bertz CT molecular complexity index is 268. The van der Waals surface area contributed by atoms with Crippen molar-refractivity contribution in [3.63, 3.8) is 0 Å². The molecule has 0 aliphatic heterocycles. The van der Waals surface area contributed by atoms with Crippen molar-refractivity contribution in [1.82, 2.24) is 0 Å². The lowest BCUT2D eigenvalue weighted by Gasteiger charge is -2.15. The number of alkyl halides is 2. The van der Waals surface area contributed by atoms with Crippen molar-refractivity contribution in [2.75, 3.05) is 7.11 Å². The van der Waals surface area contributed by atoms with E-state index >= 15 is 0 Å². The Morgan fingerprint density at radius 3 is 2.50 bits per heavy atom. The molecular weight excluding hydrogens is 195 g/mol. The maximum Gasteiger partial charge on any atom is 0.128 e. The van der Waals surface area contributed by atoms with Gasteiger partial charge in [-0.2, -0.15) is 0 Å². The Labute approximate surface area is 82.0 Å². The molecule has 0 heterocycles. The second-order valence-corrected chi connectivity index (χ2v) is 4.87. The van der Waals surface area contributed by atoms with Crippen LogP contribution >= 0.6 is 23.2 Å². The third-order valence-corrected chi connectivity index (χ3v) is 3.63. The summed E-state index contributed by atoms with van der Waals surface area (Å²) in [7, 11) is 1.66. The third kappa shape index (κ3) is 1.07. The average Bonchev–Trinajstić information content (AvgIpc) is 2.55. The van der Waals surface area contributed by atoms with E-state index in [0.717, 1.165) is 18.6 Å². The monoisotopic (exact) mass is 204 g/mol. The molecule has 12 heavy (non-hydrogen) atoms. The average molecular weight is 205 g/mol. The second-order valence-electron chi connectivity index (χ2n) is 3.39. The summed E-state index contributed by atoms with van der Waals surface area (Å²) >= 11 is 12.0. The minimum absolute atomic E-state index is 0.00184. The first kappa shape index (κ1) is 8.46. The molecule has 66 valence electrons. The van der Waals surface area contributed by atoms with Crippen LogP contribution in [-0.2, 0) is 4.74 Å². The molecule has 1 spiro atoms. The van der Waals surface area contributed by atoms with E-state index in [9.17, 15) is 0 Å². The molecule has 1 saturated carbocycles. The molecule has 2 aliphatic carbocycles. The Morgan fingerprint density at radius 2 is 2.17 bits per heavy atom. The number of rotatable bonds is 1. The van der Waals surface area contributed by atoms with Gasteiger partial charge in [0.25, 0.3) is 0 Å². The number of methoxy groups -OCH3 is 1. The molecule has 0 N–H and O–H groups in total. The van der Waals surface area contributed by atoms with E-state index in [2.05, 4.69) is 6.08 Å². The number of allylic oxidation sites excluding steroid dienone is 3. The lowest BCUT2D eigenvalue weighted by molar-refractivity contribution is 0.300. The minimum atomic E-state index is -0.542. The fourth-order valence-corrected chi connectivity index (χ4v) is 2.32. The summed E-state index contributed by atoms with van der Waals surface area (Å²) in [6.45, 7) is 0. The Hall–Kier alpha value is -0.140. The predicted octanol–water partition coefficient (Wildman–Crippen LogP) is 3.04. The van der Waals surface area contributed by atoms with Gasteiger partial charge in [0, 0.05) is 5.41 Å². The highest BCUT2D eigenvalue weighted by atomic mass is 35.5. The van der Waals surface area contributed by atoms with Crippen LogP contribution in [0.2, 0.25) is 0 Å². The lowest BCUT2D eigenvalue weighted by Crippen LogP contribution is -2.08. The maximum atomic E-state index is 6.01. The number of hydrogen-bond donors (Lipinski definition) is 0. The normalized spacial score (nSPS) is 36.4. The quantitative estimate of drug-likeness (QED) is 0.598. The van der Waals surface area contributed by atoms with Crippen molar-refractivity contribution < 1.29 is 4.74 Å². The number of ether oxygens (including phenoxy) is 1. The van der Waals surface area contributed by atoms with Gasteiger partial charge < -0.3 is 4.74 Å². The van der Waals surface area contributed by atoms with Gasteiger partial charge in [0.05, 0.1) is 7.11 Å². The van der Waals surface area contributed by atoms with Gasteiger partial charge in [-0.05, 0) is 25.0 Å². The van der Waals surface area contributed by atoms with Crippen LogP contribution in [-0.4, -0.2) is 11.4 Å². The smallest absolute Gasteiger partial charge is 0.128 e. The highest BCUT2D eigenvalue weighted by Crippen LogP contribution is 2.67. The van der Waals surface area contributed by atoms with Gasteiger partial charge in [-0.15, -0.1) is 23.2 Å². The molecule has 2 rings (SSSR count). The van der Waals surface area contributed by atoms with E-state index in [4.69, 9.17) is 27.9 Å². The lowest BCUT2D eigenvalue weighted by atomic mass is 9.97. The summed E-state index contributed by atoms with van der Waals surface area (Å²) < 4.78 is 4.53. The first-order valence-electron chi connectivity index (χ1n) is 3.91. The molecule has 0 aromatic heterocycles. The van der Waals surface area contributed by atoms with Gasteiger partial charge in [0.1, 0.15) is 10.1 Å². The van der Waals surface area contributed by atoms with Crippen LogP contribution in [0.1, 0.15) is 12.8 Å². The Morgan fingerprint density at radius 1 is 1.50 bits per heavy atom. The molecule has 0 unspecified atom stereocenters. The topological polar surface area (TPSA) is 9.23 Å². The SMILES string of the molecule is COC1=CC[C@@]2(C=C1)CC2(Cl)Cl. The largest absolute Gasteiger partial charge is 0.497 e. The highest BCUT2D eigenvalue weighted by Gasteiger charge is 2.64. The van der Waals surface area contributed by atoms with E-state index in [0.29, 0.717) is 0 Å². The zero-order chi connectivity index (χ0) is 8.82. The van der Waals surface area contributed by atoms with Crippen LogP contribution in [0.15, 0.2) is 24.0 Å². The van der Waals surface area contributed by atoms with E-state index in [1.165, 1.54) is 0 Å². The minimum Gasteiger partial charge on any atom is -0.497 e. The molecule has 0 amide bonds. The van der Waals surface area contributed by atoms with Crippen LogP contribution in [0.5, 0.6) is 0 Å². The van der Waals surface area contributed by atoms with Gasteiger partial charge in [-0.25, -0.2) is 0 Å². The molecular formula is C9H10Cl2O. The van der Waals surface area contributed by atoms with Gasteiger partial charge in [-0.1, -0.05) is 6.08 Å². The standard InChI is InChI=1S/C9H10Cl2O/c1-12-7-2-4-8(5-3-7)6-9(8,10)11/h2-4H,5-6H2,1H3/t8-/m0/s1. The molecule has 0 aromatic carbocycles. The second kappa shape index (κ2) is 2.43. The molecule has 1 nitrogen and oxygen atoms in total. The molecule has 3 heteroatoms. The van der Waals surface area contributed by atoms with E-state index in [1.54, 1.807) is 7.11 Å². The summed E-state index contributed by atoms with van der Waals surface area (Å²) in [5, 5.41) is 0. The number of halogens is 2. The fourth-order valence-electron chi connectivity index (χ4n) is 1.57. The van der Waals surface area contributed by atoms with Gasteiger partial charge in [0.15, 0.2) is 0 Å². The highest BCUT2D eigenvalue weighted by molar-refractivity contribution is 6.51. The molecule has 0 bridgehead atoms. The van der Waals surface area contributed by atoms with Crippen LogP contribution in [0.25, 0.3) is 0 Å². The van der Waals surface area contributed by atoms with Crippen molar-refractivity contribution in [1.29, 1.82) is 0 Å². The van der Waals surface area contributed by atoms with Gasteiger partial charge >= 0.3 is 0 Å². The molecule has 0 saturated heterocycles. The van der Waals surface area contributed by atoms with Crippen molar-refractivity contribution in [3.8, 4) is 0 Å². The molecule has 0 radical (unpaired) electrons. The summed E-state index contributed by atoms with van der Waals surface area (Å²) in [5.74, 6) is 0.900. The zero-order valence-electron chi connectivity index (χ0n) is 6.81. The maximum absolute atomic E-state index is 6.01. The van der Waals surface area contributed by atoms with Crippen molar-refractivity contribution in [2.24, 2.45) is 5.41 Å². The summed E-state index contributed by atoms with van der Waals surface area (Å²) in [4.78, 5) is 0. The molecule has 2 aliphatic rings. The van der Waals surface area contributed by atoms with Crippen molar-refractivity contribution in [3.05, 3.63) is 24.0 Å². The molecule has 0 aromatic rings. The number of hydrogen-bond acceptors (Lipinski definition) is 1. The summed E-state index contributed by atoms with van der Waals surface area (Å²) in [6, 6.07) is 0. The van der Waals surface area contributed by atoms with E-state index in [1.807, 2.05) is 12.2 Å². The summed E-state index contributed by atoms with van der Waals surface area (Å²) in [6.07, 6.45) is 7.78. The summed E-state index contributed by atoms with van der Waals surface area (Å²) in [5.41, 5.74) is -0.00184. The third-order valence-electron chi connectivity index (χ3n) is 2.61. The first-order valence-corrected chi connectivity index (χ1v) is 4.66. The predicted molar refractivity (Wildman–Crippen MR) is 50.3 cm³/mol. The van der Waals surface area contributed by atoms with Crippen molar-refractivity contribution >= 4 is 23.2 Å². The van der Waals surface area contributed by atoms with E-state index < -0.39 is 4.33 Å². The van der Waals surface area contributed by atoms with Gasteiger partial charge in [0.2, 0.25) is 0 Å². The van der Waals surface area contributed by atoms with Gasteiger partial charge in [-0.3, -0.25) is 0 Å². The van der Waals surface area contributed by atoms with E-state index in [-0.39, 0.29) is 5.41 Å². The molecule has 1 atom stereocenters. The Kier molecular flexibility index (Phi) is 1.71. The zero-order valence-corrected chi connectivity index (χ0v) is 8.32. The van der Waals surface area contributed by atoms with Crippen LogP contribution in [0.4, 0.5) is 0 Å².